The normalized spacial score (nSPS) is 16.7. The Morgan fingerprint density at radius 1 is 1.16 bits per heavy atom. The second-order valence-corrected chi connectivity index (χ2v) is 7.52. The van der Waals surface area contributed by atoms with Gasteiger partial charge in [-0.2, -0.15) is 0 Å². The minimum atomic E-state index is -0.572. The van der Waals surface area contributed by atoms with Crippen molar-refractivity contribution in [2.45, 2.75) is 31.9 Å². The molecule has 1 aliphatic heterocycles. The Hall–Kier alpha value is -3.32. The van der Waals surface area contributed by atoms with Crippen LogP contribution in [-0.4, -0.2) is 37.8 Å². The lowest BCUT2D eigenvalue weighted by atomic mass is 10.2. The summed E-state index contributed by atoms with van der Waals surface area (Å²) < 4.78 is 22.1. The van der Waals surface area contributed by atoms with Gasteiger partial charge in [-0.15, -0.1) is 0 Å². The molecular weight excluding hydrogens is 398 g/mol. The molecule has 0 saturated carbocycles. The van der Waals surface area contributed by atoms with E-state index in [0.717, 1.165) is 30.4 Å². The molecule has 4 rings (SSSR count). The van der Waals surface area contributed by atoms with Crippen molar-refractivity contribution in [1.82, 2.24) is 5.32 Å². The van der Waals surface area contributed by atoms with Crippen molar-refractivity contribution < 1.29 is 28.2 Å². The molecule has 1 aliphatic rings. The molecule has 2 atom stereocenters. The number of benzene rings is 2. The zero-order valence-electron chi connectivity index (χ0n) is 17.3. The standard InChI is InChI=1S/C24H25NO6/c1-16(22-13-18-5-2-3-7-21(18)31-22)25-23(26)15-30-24(27)17-8-10-19(11-9-17)29-14-20-6-4-12-28-20/h2-3,5,7-11,13,16,20H,4,6,12,14-15H2,1H3,(H,25,26)/t16-,20+/m0/s1. The van der Waals surface area contributed by atoms with Crippen LogP contribution >= 0.6 is 0 Å². The summed E-state index contributed by atoms with van der Waals surface area (Å²) in [6.45, 7) is 2.71. The van der Waals surface area contributed by atoms with Gasteiger partial charge in [-0.1, -0.05) is 18.2 Å². The van der Waals surface area contributed by atoms with Crippen molar-refractivity contribution in [2.24, 2.45) is 0 Å². The molecular formula is C24H25NO6. The molecule has 0 spiro atoms. The lowest BCUT2D eigenvalue weighted by Crippen LogP contribution is -2.31. The van der Waals surface area contributed by atoms with Gasteiger partial charge >= 0.3 is 5.97 Å². The number of furan rings is 1. The number of hydrogen-bond acceptors (Lipinski definition) is 6. The predicted molar refractivity (Wildman–Crippen MR) is 114 cm³/mol. The predicted octanol–water partition coefficient (Wildman–Crippen LogP) is 4.02. The Morgan fingerprint density at radius 3 is 2.71 bits per heavy atom. The molecule has 31 heavy (non-hydrogen) atoms. The van der Waals surface area contributed by atoms with Gasteiger partial charge in [-0.3, -0.25) is 4.79 Å². The van der Waals surface area contributed by atoms with Crippen molar-refractivity contribution in [3.8, 4) is 5.75 Å². The molecule has 2 aromatic carbocycles. The summed E-state index contributed by atoms with van der Waals surface area (Å²) in [6.07, 6.45) is 2.19. The number of fused-ring (bicyclic) bond motifs is 1. The van der Waals surface area contributed by atoms with E-state index >= 15 is 0 Å². The van der Waals surface area contributed by atoms with Crippen LogP contribution in [0.25, 0.3) is 11.0 Å². The Kier molecular flexibility index (Phi) is 6.52. The SMILES string of the molecule is C[C@H](NC(=O)COC(=O)c1ccc(OC[C@H]2CCCO2)cc1)c1cc2ccccc2o1. The van der Waals surface area contributed by atoms with Crippen LogP contribution in [0, 0.1) is 0 Å². The van der Waals surface area contributed by atoms with Gasteiger partial charge in [-0.05, 0) is 56.2 Å². The number of esters is 1. The monoisotopic (exact) mass is 423 g/mol. The summed E-state index contributed by atoms with van der Waals surface area (Å²) >= 11 is 0. The number of ether oxygens (including phenoxy) is 3. The van der Waals surface area contributed by atoms with Crippen molar-refractivity contribution in [3.63, 3.8) is 0 Å². The lowest BCUT2D eigenvalue weighted by molar-refractivity contribution is -0.125. The fourth-order valence-corrected chi connectivity index (χ4v) is 3.44. The summed E-state index contributed by atoms with van der Waals surface area (Å²) in [5, 5.41) is 3.74. The van der Waals surface area contributed by atoms with Crippen molar-refractivity contribution >= 4 is 22.8 Å². The zero-order chi connectivity index (χ0) is 21.6. The van der Waals surface area contributed by atoms with Crippen LogP contribution in [0.4, 0.5) is 0 Å². The second-order valence-electron chi connectivity index (χ2n) is 7.52. The topological polar surface area (TPSA) is 87.0 Å². The van der Waals surface area contributed by atoms with Crippen molar-refractivity contribution in [1.29, 1.82) is 0 Å². The van der Waals surface area contributed by atoms with Crippen LogP contribution in [0.1, 0.15) is 41.9 Å². The molecule has 3 aromatic rings. The van der Waals surface area contributed by atoms with E-state index in [1.54, 1.807) is 24.3 Å². The summed E-state index contributed by atoms with van der Waals surface area (Å²) in [7, 11) is 0. The molecule has 2 heterocycles. The van der Waals surface area contributed by atoms with E-state index in [1.165, 1.54) is 0 Å². The van der Waals surface area contributed by atoms with Gasteiger partial charge in [0.05, 0.1) is 17.7 Å². The highest BCUT2D eigenvalue weighted by atomic mass is 16.5. The third kappa shape index (κ3) is 5.44. The van der Waals surface area contributed by atoms with Gasteiger partial charge < -0.3 is 23.9 Å². The lowest BCUT2D eigenvalue weighted by Gasteiger charge is -2.12. The number of para-hydroxylation sites is 1. The van der Waals surface area contributed by atoms with Gasteiger partial charge in [0.15, 0.2) is 6.61 Å². The molecule has 0 radical (unpaired) electrons. The quantitative estimate of drug-likeness (QED) is 0.551. The Morgan fingerprint density at radius 2 is 1.97 bits per heavy atom. The van der Waals surface area contributed by atoms with Crippen molar-refractivity contribution in [2.75, 3.05) is 19.8 Å². The van der Waals surface area contributed by atoms with Gasteiger partial charge in [0, 0.05) is 12.0 Å². The van der Waals surface area contributed by atoms with E-state index in [-0.39, 0.29) is 18.8 Å². The van der Waals surface area contributed by atoms with Crippen molar-refractivity contribution in [3.05, 3.63) is 65.9 Å². The number of amides is 1. The fraction of sp³-hybridized carbons (Fsp3) is 0.333. The largest absolute Gasteiger partial charge is 0.491 e. The minimum Gasteiger partial charge on any atom is -0.491 e. The first-order valence-corrected chi connectivity index (χ1v) is 10.4. The molecule has 1 N–H and O–H groups in total. The smallest absolute Gasteiger partial charge is 0.338 e. The molecule has 1 amide bonds. The van der Waals surface area contributed by atoms with Crippen LogP contribution in [0.15, 0.2) is 59.0 Å². The van der Waals surface area contributed by atoms with Crippen LogP contribution in [0.2, 0.25) is 0 Å². The van der Waals surface area contributed by atoms with Gasteiger partial charge in [0.1, 0.15) is 23.7 Å². The molecule has 0 unspecified atom stereocenters. The van der Waals surface area contributed by atoms with E-state index in [2.05, 4.69) is 5.32 Å². The molecule has 0 bridgehead atoms. The van der Waals surface area contributed by atoms with E-state index in [9.17, 15) is 9.59 Å². The summed E-state index contributed by atoms with van der Waals surface area (Å²) in [5.74, 6) is 0.318. The first kappa shape index (κ1) is 20.9. The highest BCUT2D eigenvalue weighted by Crippen LogP contribution is 2.23. The molecule has 1 aromatic heterocycles. The highest BCUT2D eigenvalue weighted by molar-refractivity contribution is 5.91. The fourth-order valence-electron chi connectivity index (χ4n) is 3.44. The van der Waals surface area contributed by atoms with E-state index in [4.69, 9.17) is 18.6 Å². The van der Waals surface area contributed by atoms with E-state index in [0.29, 0.717) is 23.7 Å². The summed E-state index contributed by atoms with van der Waals surface area (Å²) in [6, 6.07) is 15.8. The van der Waals surface area contributed by atoms with Gasteiger partial charge in [-0.25, -0.2) is 4.79 Å². The minimum absolute atomic E-state index is 0.130. The number of carbonyl (C=O) groups is 2. The number of hydrogen-bond donors (Lipinski definition) is 1. The average molecular weight is 423 g/mol. The Balaban J connectivity index is 1.23. The summed E-state index contributed by atoms with van der Waals surface area (Å²) in [4.78, 5) is 24.4. The number of carbonyl (C=O) groups excluding carboxylic acids is 2. The molecule has 1 saturated heterocycles. The molecule has 162 valence electrons. The van der Waals surface area contributed by atoms with Gasteiger partial charge in [0.25, 0.3) is 5.91 Å². The molecule has 7 heteroatoms. The third-order valence-corrected chi connectivity index (χ3v) is 5.13. The first-order valence-electron chi connectivity index (χ1n) is 10.4. The first-order chi connectivity index (χ1) is 15.1. The maximum atomic E-state index is 12.2. The van der Waals surface area contributed by atoms with Crippen LogP contribution in [0.5, 0.6) is 5.75 Å². The molecule has 1 fully saturated rings. The maximum absolute atomic E-state index is 12.2. The third-order valence-electron chi connectivity index (χ3n) is 5.13. The Labute approximate surface area is 180 Å². The number of rotatable bonds is 8. The average Bonchev–Trinajstić information content (AvgIpc) is 3.46. The van der Waals surface area contributed by atoms with Crippen LogP contribution in [0.3, 0.4) is 0 Å². The number of nitrogens with one attached hydrogen (secondary N) is 1. The van der Waals surface area contributed by atoms with Gasteiger partial charge in [0.2, 0.25) is 0 Å². The van der Waals surface area contributed by atoms with Crippen LogP contribution in [-0.2, 0) is 14.3 Å². The summed E-state index contributed by atoms with van der Waals surface area (Å²) in [5.41, 5.74) is 1.11. The molecule has 7 nitrogen and oxygen atoms in total. The highest BCUT2D eigenvalue weighted by Gasteiger charge is 2.17. The van der Waals surface area contributed by atoms with E-state index in [1.807, 2.05) is 37.3 Å². The molecule has 0 aliphatic carbocycles. The maximum Gasteiger partial charge on any atom is 0.338 e. The zero-order valence-corrected chi connectivity index (χ0v) is 17.3. The van der Waals surface area contributed by atoms with Crippen LogP contribution < -0.4 is 10.1 Å². The van der Waals surface area contributed by atoms with E-state index < -0.39 is 11.9 Å². The second kappa shape index (κ2) is 9.66. The Bertz CT molecular complexity index is 1000.